The SMILES string of the molecule is O=C(CCCOc1ccc(Cl)cc1)Nc1cccnc1. The lowest BCUT2D eigenvalue weighted by molar-refractivity contribution is -0.116. The van der Waals surface area contributed by atoms with Gasteiger partial charge in [-0.25, -0.2) is 0 Å². The van der Waals surface area contributed by atoms with E-state index < -0.39 is 0 Å². The first kappa shape index (κ1) is 14.3. The van der Waals surface area contributed by atoms with Crippen molar-refractivity contribution >= 4 is 23.2 Å². The number of halogens is 1. The van der Waals surface area contributed by atoms with Gasteiger partial charge in [0.1, 0.15) is 5.75 Å². The summed E-state index contributed by atoms with van der Waals surface area (Å²) in [6.07, 6.45) is 4.33. The van der Waals surface area contributed by atoms with Crippen LogP contribution in [0, 0.1) is 0 Å². The topological polar surface area (TPSA) is 51.2 Å². The lowest BCUT2D eigenvalue weighted by atomic mass is 10.3. The van der Waals surface area contributed by atoms with Crippen molar-refractivity contribution in [3.63, 3.8) is 0 Å². The number of carbonyl (C=O) groups is 1. The standard InChI is InChI=1S/C15H15ClN2O2/c16-12-5-7-14(8-6-12)20-10-2-4-15(19)18-13-3-1-9-17-11-13/h1,3,5-9,11H,2,4,10H2,(H,18,19). The van der Waals surface area contributed by atoms with E-state index in [1.165, 1.54) is 0 Å². The van der Waals surface area contributed by atoms with Crippen molar-refractivity contribution in [1.82, 2.24) is 4.98 Å². The Morgan fingerprint density at radius 2 is 2.05 bits per heavy atom. The third kappa shape index (κ3) is 4.90. The Labute approximate surface area is 122 Å². The first-order chi connectivity index (χ1) is 9.74. The molecule has 0 aliphatic carbocycles. The highest BCUT2D eigenvalue weighted by atomic mass is 35.5. The minimum atomic E-state index is -0.0438. The molecule has 0 fully saturated rings. The Bertz CT molecular complexity index is 544. The molecule has 1 amide bonds. The predicted octanol–water partition coefficient (Wildman–Crippen LogP) is 3.53. The monoisotopic (exact) mass is 290 g/mol. The maximum Gasteiger partial charge on any atom is 0.224 e. The molecule has 0 spiro atoms. The number of nitrogens with zero attached hydrogens (tertiary/aromatic N) is 1. The zero-order valence-corrected chi connectivity index (χ0v) is 11.6. The van der Waals surface area contributed by atoms with Gasteiger partial charge >= 0.3 is 0 Å². The van der Waals surface area contributed by atoms with Crippen molar-refractivity contribution in [1.29, 1.82) is 0 Å². The normalized spacial score (nSPS) is 10.1. The van der Waals surface area contributed by atoms with Crippen LogP contribution in [0.25, 0.3) is 0 Å². The molecule has 0 aliphatic heterocycles. The maximum atomic E-state index is 11.7. The van der Waals surface area contributed by atoms with Crippen LogP contribution in [0.15, 0.2) is 48.8 Å². The molecular formula is C15H15ClN2O2. The number of rotatable bonds is 6. The summed E-state index contributed by atoms with van der Waals surface area (Å²) in [4.78, 5) is 15.6. The number of amides is 1. The maximum absolute atomic E-state index is 11.7. The first-order valence-electron chi connectivity index (χ1n) is 6.32. The Morgan fingerprint density at radius 3 is 2.75 bits per heavy atom. The fraction of sp³-hybridized carbons (Fsp3) is 0.200. The minimum absolute atomic E-state index is 0.0438. The number of pyridine rings is 1. The van der Waals surface area contributed by atoms with E-state index in [2.05, 4.69) is 10.3 Å². The Kier molecular flexibility index (Phi) is 5.38. The molecule has 0 unspecified atom stereocenters. The lowest BCUT2D eigenvalue weighted by Crippen LogP contribution is -2.12. The molecule has 2 aromatic rings. The van der Waals surface area contributed by atoms with Crippen LogP contribution >= 0.6 is 11.6 Å². The van der Waals surface area contributed by atoms with Crippen LogP contribution in [0.2, 0.25) is 5.02 Å². The lowest BCUT2D eigenvalue weighted by Gasteiger charge is -2.07. The molecule has 2 rings (SSSR count). The van der Waals surface area contributed by atoms with Gasteiger partial charge in [0.15, 0.2) is 0 Å². The quantitative estimate of drug-likeness (QED) is 0.828. The fourth-order valence-electron chi connectivity index (χ4n) is 1.61. The van der Waals surface area contributed by atoms with E-state index in [-0.39, 0.29) is 5.91 Å². The van der Waals surface area contributed by atoms with Gasteiger partial charge in [0.25, 0.3) is 0 Å². The van der Waals surface area contributed by atoms with Crippen LogP contribution in [0.1, 0.15) is 12.8 Å². The van der Waals surface area contributed by atoms with Gasteiger partial charge < -0.3 is 10.1 Å². The first-order valence-corrected chi connectivity index (χ1v) is 6.70. The molecule has 5 heteroatoms. The number of aromatic nitrogens is 1. The number of anilines is 1. The molecule has 1 N–H and O–H groups in total. The fourth-order valence-corrected chi connectivity index (χ4v) is 1.74. The van der Waals surface area contributed by atoms with Crippen LogP contribution in [0.5, 0.6) is 5.75 Å². The smallest absolute Gasteiger partial charge is 0.224 e. The van der Waals surface area contributed by atoms with E-state index in [0.29, 0.717) is 30.2 Å². The van der Waals surface area contributed by atoms with Crippen molar-refractivity contribution < 1.29 is 9.53 Å². The summed E-state index contributed by atoms with van der Waals surface area (Å²) in [6.45, 7) is 0.488. The van der Waals surface area contributed by atoms with Crippen LogP contribution in [-0.4, -0.2) is 17.5 Å². The Morgan fingerprint density at radius 1 is 1.25 bits per heavy atom. The molecule has 0 aliphatic rings. The second-order valence-electron chi connectivity index (χ2n) is 4.20. The predicted molar refractivity (Wildman–Crippen MR) is 79.0 cm³/mol. The number of hydrogen-bond donors (Lipinski definition) is 1. The average molecular weight is 291 g/mol. The summed E-state index contributed by atoms with van der Waals surface area (Å²) in [5.74, 6) is 0.708. The largest absolute Gasteiger partial charge is 0.494 e. The van der Waals surface area contributed by atoms with Crippen molar-refractivity contribution in [3.05, 3.63) is 53.8 Å². The molecule has 104 valence electrons. The van der Waals surface area contributed by atoms with Crippen molar-refractivity contribution in [2.45, 2.75) is 12.8 Å². The van der Waals surface area contributed by atoms with E-state index in [0.717, 1.165) is 5.75 Å². The summed E-state index contributed by atoms with van der Waals surface area (Å²) < 4.78 is 5.51. The van der Waals surface area contributed by atoms with Crippen molar-refractivity contribution in [3.8, 4) is 5.75 Å². The highest BCUT2D eigenvalue weighted by molar-refractivity contribution is 6.30. The Hall–Kier alpha value is -2.07. The van der Waals surface area contributed by atoms with Crippen molar-refractivity contribution in [2.24, 2.45) is 0 Å². The molecule has 1 aromatic heterocycles. The summed E-state index contributed by atoms with van der Waals surface area (Å²) in [5.41, 5.74) is 0.705. The zero-order chi connectivity index (χ0) is 14.2. The van der Waals surface area contributed by atoms with E-state index in [4.69, 9.17) is 16.3 Å². The molecule has 0 radical (unpaired) electrons. The van der Waals surface area contributed by atoms with Crippen LogP contribution < -0.4 is 10.1 Å². The highest BCUT2D eigenvalue weighted by Gasteiger charge is 2.02. The van der Waals surface area contributed by atoms with Crippen LogP contribution in [-0.2, 0) is 4.79 Å². The summed E-state index contributed by atoms with van der Waals surface area (Å²) in [6, 6.07) is 10.7. The zero-order valence-electron chi connectivity index (χ0n) is 10.9. The average Bonchev–Trinajstić information content (AvgIpc) is 2.46. The van der Waals surface area contributed by atoms with Gasteiger partial charge in [-0.1, -0.05) is 11.6 Å². The van der Waals surface area contributed by atoms with E-state index in [1.807, 2.05) is 0 Å². The molecular weight excluding hydrogens is 276 g/mol. The number of nitrogens with one attached hydrogen (secondary N) is 1. The summed E-state index contributed by atoms with van der Waals surface area (Å²) >= 11 is 5.78. The second-order valence-corrected chi connectivity index (χ2v) is 4.63. The Balaban J connectivity index is 1.66. The van der Waals surface area contributed by atoms with E-state index in [1.54, 1.807) is 48.8 Å². The molecule has 0 atom stereocenters. The van der Waals surface area contributed by atoms with Crippen molar-refractivity contribution in [2.75, 3.05) is 11.9 Å². The summed E-state index contributed by atoms with van der Waals surface area (Å²) in [7, 11) is 0. The van der Waals surface area contributed by atoms with Gasteiger partial charge in [-0.2, -0.15) is 0 Å². The molecule has 20 heavy (non-hydrogen) atoms. The van der Waals surface area contributed by atoms with Gasteiger partial charge in [-0.3, -0.25) is 9.78 Å². The summed E-state index contributed by atoms with van der Waals surface area (Å²) in [5, 5.41) is 3.45. The third-order valence-corrected chi connectivity index (χ3v) is 2.83. The molecule has 0 saturated heterocycles. The molecule has 0 bridgehead atoms. The molecule has 1 aromatic carbocycles. The van der Waals surface area contributed by atoms with Gasteiger partial charge in [-0.05, 0) is 42.8 Å². The van der Waals surface area contributed by atoms with Gasteiger partial charge in [-0.15, -0.1) is 0 Å². The van der Waals surface area contributed by atoms with Gasteiger partial charge in [0, 0.05) is 17.6 Å². The van der Waals surface area contributed by atoms with Crippen LogP contribution in [0.4, 0.5) is 5.69 Å². The van der Waals surface area contributed by atoms with E-state index in [9.17, 15) is 4.79 Å². The number of carbonyl (C=O) groups excluding carboxylic acids is 1. The number of ether oxygens (including phenoxy) is 1. The van der Waals surface area contributed by atoms with E-state index >= 15 is 0 Å². The van der Waals surface area contributed by atoms with Gasteiger partial charge in [0.2, 0.25) is 5.91 Å². The van der Waals surface area contributed by atoms with Gasteiger partial charge in [0.05, 0.1) is 18.5 Å². The van der Waals surface area contributed by atoms with Crippen LogP contribution in [0.3, 0.4) is 0 Å². The second kappa shape index (κ2) is 7.50. The number of benzene rings is 1. The number of hydrogen-bond acceptors (Lipinski definition) is 3. The molecule has 1 heterocycles. The third-order valence-electron chi connectivity index (χ3n) is 2.58. The minimum Gasteiger partial charge on any atom is -0.494 e. The molecule has 0 saturated carbocycles. The highest BCUT2D eigenvalue weighted by Crippen LogP contribution is 2.15. The molecule has 4 nitrogen and oxygen atoms in total.